The average Bonchev–Trinajstić information content (AvgIpc) is 2.80. The van der Waals surface area contributed by atoms with Gasteiger partial charge in [-0.3, -0.25) is 4.79 Å². The number of alkyl halides is 1. The minimum absolute atomic E-state index is 0.0655. The number of imidazole rings is 1. The summed E-state index contributed by atoms with van der Waals surface area (Å²) in [7, 11) is 0. The molecule has 1 aromatic heterocycles. The van der Waals surface area contributed by atoms with Crippen LogP contribution in [0.4, 0.5) is 4.39 Å². The van der Waals surface area contributed by atoms with Crippen molar-refractivity contribution in [2.24, 2.45) is 0 Å². The number of hydrogen-bond donors (Lipinski definition) is 1. The molecule has 1 fully saturated rings. The lowest BCUT2D eigenvalue weighted by Crippen LogP contribution is -2.36. The molecule has 0 bridgehead atoms. The van der Waals surface area contributed by atoms with Crippen LogP contribution >= 0.6 is 11.6 Å². The Morgan fingerprint density at radius 2 is 2.35 bits per heavy atom. The second-order valence-electron chi connectivity index (χ2n) is 4.94. The van der Waals surface area contributed by atoms with Gasteiger partial charge in [0.15, 0.2) is 5.82 Å². The van der Waals surface area contributed by atoms with Crippen molar-refractivity contribution < 1.29 is 9.18 Å². The molecule has 1 aromatic carbocycles. The summed E-state index contributed by atoms with van der Waals surface area (Å²) in [6.45, 7) is 0.552. The van der Waals surface area contributed by atoms with Gasteiger partial charge in [-0.1, -0.05) is 6.07 Å². The highest BCUT2D eigenvalue weighted by atomic mass is 35.5. The third-order valence-electron chi connectivity index (χ3n) is 3.67. The molecule has 1 saturated heterocycles. The van der Waals surface area contributed by atoms with Crippen LogP contribution in [0.3, 0.4) is 0 Å². The van der Waals surface area contributed by atoms with Crippen LogP contribution in [0.1, 0.15) is 24.7 Å². The Morgan fingerprint density at radius 3 is 3.05 bits per heavy atom. The first-order chi connectivity index (χ1) is 9.70. The predicted molar refractivity (Wildman–Crippen MR) is 75.4 cm³/mol. The van der Waals surface area contributed by atoms with Gasteiger partial charge in [0.1, 0.15) is 11.3 Å². The van der Waals surface area contributed by atoms with E-state index in [1.165, 1.54) is 6.07 Å². The Bertz CT molecular complexity index is 645. The number of carbonyl (C=O) groups excluding carboxylic acids is 1. The van der Waals surface area contributed by atoms with Crippen LogP contribution in [0.15, 0.2) is 18.2 Å². The van der Waals surface area contributed by atoms with Gasteiger partial charge in [-0.05, 0) is 18.6 Å². The Morgan fingerprint density at radius 1 is 1.50 bits per heavy atom. The second-order valence-corrected chi connectivity index (χ2v) is 5.32. The highest BCUT2D eigenvalue weighted by Crippen LogP contribution is 2.27. The minimum atomic E-state index is -0.322. The number of para-hydroxylation sites is 1. The van der Waals surface area contributed by atoms with Crippen molar-refractivity contribution in [1.82, 2.24) is 14.9 Å². The SMILES string of the molecule is O=C1CCC(n2c(CCCl)nc3c(F)cccc32)CN1. The first kappa shape index (κ1) is 13.4. The number of hydrogen-bond acceptors (Lipinski definition) is 2. The summed E-state index contributed by atoms with van der Waals surface area (Å²) in [5.74, 6) is 0.957. The molecule has 0 radical (unpaired) electrons. The van der Waals surface area contributed by atoms with E-state index in [0.29, 0.717) is 30.8 Å². The summed E-state index contributed by atoms with van der Waals surface area (Å²) < 4.78 is 15.9. The Hall–Kier alpha value is -1.62. The zero-order valence-corrected chi connectivity index (χ0v) is 11.7. The maximum absolute atomic E-state index is 13.9. The molecule has 20 heavy (non-hydrogen) atoms. The lowest BCUT2D eigenvalue weighted by molar-refractivity contribution is -0.122. The molecule has 0 spiro atoms. The van der Waals surface area contributed by atoms with E-state index in [4.69, 9.17) is 11.6 Å². The zero-order valence-electron chi connectivity index (χ0n) is 10.9. The van der Waals surface area contributed by atoms with E-state index in [9.17, 15) is 9.18 Å². The molecule has 0 saturated carbocycles. The van der Waals surface area contributed by atoms with Gasteiger partial charge in [0.05, 0.1) is 11.6 Å². The third-order valence-corrected chi connectivity index (χ3v) is 3.86. The van der Waals surface area contributed by atoms with E-state index in [1.807, 2.05) is 10.6 Å². The normalized spacial score (nSPS) is 19.3. The zero-order chi connectivity index (χ0) is 14.1. The molecule has 3 rings (SSSR count). The van der Waals surface area contributed by atoms with Crippen LogP contribution in [0.25, 0.3) is 11.0 Å². The van der Waals surface area contributed by atoms with E-state index in [2.05, 4.69) is 10.3 Å². The maximum Gasteiger partial charge on any atom is 0.220 e. The molecular formula is C14H15ClFN3O. The molecule has 1 unspecified atom stereocenters. The van der Waals surface area contributed by atoms with Crippen LogP contribution in [-0.4, -0.2) is 27.9 Å². The molecule has 6 heteroatoms. The third kappa shape index (κ3) is 2.26. The van der Waals surface area contributed by atoms with Crippen LogP contribution in [-0.2, 0) is 11.2 Å². The molecular weight excluding hydrogens is 281 g/mol. The van der Waals surface area contributed by atoms with Gasteiger partial charge in [-0.15, -0.1) is 11.6 Å². The van der Waals surface area contributed by atoms with Crippen molar-refractivity contribution in [2.75, 3.05) is 12.4 Å². The fourth-order valence-electron chi connectivity index (χ4n) is 2.74. The average molecular weight is 296 g/mol. The first-order valence-electron chi connectivity index (χ1n) is 6.68. The van der Waals surface area contributed by atoms with Crippen LogP contribution in [0.2, 0.25) is 0 Å². The molecule has 1 N–H and O–H groups in total. The van der Waals surface area contributed by atoms with E-state index in [1.54, 1.807) is 6.07 Å². The van der Waals surface area contributed by atoms with Crippen molar-refractivity contribution in [1.29, 1.82) is 0 Å². The second kappa shape index (κ2) is 5.40. The smallest absolute Gasteiger partial charge is 0.220 e. The maximum atomic E-state index is 13.9. The van der Waals surface area contributed by atoms with Gasteiger partial charge in [0, 0.05) is 25.3 Å². The van der Waals surface area contributed by atoms with Gasteiger partial charge >= 0.3 is 0 Å². The quantitative estimate of drug-likeness (QED) is 0.884. The number of nitrogens with one attached hydrogen (secondary N) is 1. The number of aryl methyl sites for hydroxylation is 1. The molecule has 2 heterocycles. The first-order valence-corrected chi connectivity index (χ1v) is 7.22. The predicted octanol–water partition coefficient (Wildman–Crippen LogP) is 2.41. The number of rotatable bonds is 3. The molecule has 1 aliphatic heterocycles. The molecule has 1 atom stereocenters. The number of carbonyl (C=O) groups is 1. The van der Waals surface area contributed by atoms with Gasteiger partial charge in [0.2, 0.25) is 5.91 Å². The van der Waals surface area contributed by atoms with Gasteiger partial charge < -0.3 is 9.88 Å². The van der Waals surface area contributed by atoms with E-state index in [-0.39, 0.29) is 17.8 Å². The fourth-order valence-corrected chi connectivity index (χ4v) is 2.91. The lowest BCUT2D eigenvalue weighted by Gasteiger charge is -2.26. The Kier molecular flexibility index (Phi) is 3.61. The largest absolute Gasteiger partial charge is 0.354 e. The number of halogens is 2. The van der Waals surface area contributed by atoms with Crippen LogP contribution in [0, 0.1) is 5.82 Å². The number of benzene rings is 1. The summed E-state index contributed by atoms with van der Waals surface area (Å²) in [6, 6.07) is 5.06. The Labute approximate surface area is 120 Å². The summed E-state index contributed by atoms with van der Waals surface area (Å²) in [6.07, 6.45) is 1.81. The van der Waals surface area contributed by atoms with E-state index >= 15 is 0 Å². The number of fused-ring (bicyclic) bond motifs is 1. The summed E-state index contributed by atoms with van der Waals surface area (Å²) in [4.78, 5) is 15.7. The standard InChI is InChI=1S/C14H15ClFN3O/c15-7-6-12-18-14-10(16)2-1-3-11(14)19(12)9-4-5-13(20)17-8-9/h1-3,9H,4-8H2,(H,17,20). The Balaban J connectivity index is 2.09. The number of nitrogens with zero attached hydrogens (tertiary/aromatic N) is 2. The van der Waals surface area contributed by atoms with E-state index < -0.39 is 0 Å². The van der Waals surface area contributed by atoms with E-state index in [0.717, 1.165) is 17.8 Å². The topological polar surface area (TPSA) is 46.9 Å². The number of aromatic nitrogens is 2. The molecule has 1 aliphatic rings. The monoisotopic (exact) mass is 295 g/mol. The summed E-state index contributed by atoms with van der Waals surface area (Å²) in [5, 5.41) is 2.85. The van der Waals surface area contributed by atoms with Crippen LogP contribution < -0.4 is 5.32 Å². The minimum Gasteiger partial charge on any atom is -0.354 e. The highest BCUT2D eigenvalue weighted by molar-refractivity contribution is 6.17. The van der Waals surface area contributed by atoms with Crippen molar-refractivity contribution in [3.63, 3.8) is 0 Å². The van der Waals surface area contributed by atoms with Crippen molar-refractivity contribution in [3.05, 3.63) is 29.8 Å². The summed E-state index contributed by atoms with van der Waals surface area (Å²) in [5.41, 5.74) is 1.15. The fraction of sp³-hybridized carbons (Fsp3) is 0.429. The lowest BCUT2D eigenvalue weighted by atomic mass is 10.1. The summed E-state index contributed by atoms with van der Waals surface area (Å²) >= 11 is 5.82. The van der Waals surface area contributed by atoms with Gasteiger partial charge in [-0.2, -0.15) is 0 Å². The van der Waals surface area contributed by atoms with Crippen molar-refractivity contribution in [2.45, 2.75) is 25.3 Å². The molecule has 0 aliphatic carbocycles. The molecule has 2 aromatic rings. The number of piperidine rings is 1. The van der Waals surface area contributed by atoms with Crippen molar-refractivity contribution >= 4 is 28.5 Å². The molecule has 1 amide bonds. The van der Waals surface area contributed by atoms with Gasteiger partial charge in [-0.25, -0.2) is 9.37 Å². The molecule has 106 valence electrons. The highest BCUT2D eigenvalue weighted by Gasteiger charge is 2.24. The van der Waals surface area contributed by atoms with Crippen molar-refractivity contribution in [3.8, 4) is 0 Å². The molecule has 4 nitrogen and oxygen atoms in total. The van der Waals surface area contributed by atoms with Crippen LogP contribution in [0.5, 0.6) is 0 Å². The number of amides is 1. The van der Waals surface area contributed by atoms with Gasteiger partial charge in [0.25, 0.3) is 0 Å².